The molecule has 0 radical (unpaired) electrons. The number of nitrogens with one attached hydrogen (secondary N) is 2. The topological polar surface area (TPSA) is 84.2 Å². The lowest BCUT2D eigenvalue weighted by Gasteiger charge is -2.22. The Morgan fingerprint density at radius 2 is 1.81 bits per heavy atom. The van der Waals surface area contributed by atoms with Crippen LogP contribution in [0.4, 0.5) is 0 Å². The Bertz CT molecular complexity index is 239. The molecule has 0 fully saturated rings. The molecule has 4 N–H and O–H groups in total. The van der Waals surface area contributed by atoms with Crippen LogP contribution in [0.15, 0.2) is 0 Å². The zero-order chi connectivity index (χ0) is 12.6. The minimum atomic E-state index is -0.889. The van der Waals surface area contributed by atoms with Gasteiger partial charge in [0.1, 0.15) is 0 Å². The number of amides is 2. The third-order valence-corrected chi connectivity index (χ3v) is 2.27. The van der Waals surface area contributed by atoms with Crippen molar-refractivity contribution in [3.05, 3.63) is 0 Å². The number of nitrogens with two attached hydrogens (primary N) is 1. The van der Waals surface area contributed by atoms with Gasteiger partial charge in [0.15, 0.2) is 0 Å². The second-order valence-corrected chi connectivity index (χ2v) is 4.20. The average molecular weight is 229 g/mol. The number of carbonyl (C=O) groups excluding carboxylic acids is 2. The molecule has 0 rings (SSSR count). The van der Waals surface area contributed by atoms with Crippen LogP contribution in [0, 0.1) is 0 Å². The lowest BCUT2D eigenvalue weighted by atomic mass is 9.97. The highest BCUT2D eigenvalue weighted by Gasteiger charge is 2.26. The van der Waals surface area contributed by atoms with Crippen LogP contribution >= 0.6 is 0 Å². The van der Waals surface area contributed by atoms with Gasteiger partial charge in [0.05, 0.1) is 12.1 Å². The standard InChI is InChI=1S/C11H23N3O2/c1-4-6-11(3,12)10(16)14-8-9(15)13-7-5-2/h4-8,12H2,1-3H3,(H,13,15)(H,14,16). The molecule has 0 heterocycles. The van der Waals surface area contributed by atoms with Crippen LogP contribution in [-0.2, 0) is 9.59 Å². The number of carbonyl (C=O) groups is 2. The summed E-state index contributed by atoms with van der Waals surface area (Å²) in [5.74, 6) is -0.455. The second kappa shape index (κ2) is 7.22. The fourth-order valence-corrected chi connectivity index (χ4v) is 1.32. The first kappa shape index (κ1) is 14.9. The highest BCUT2D eigenvalue weighted by atomic mass is 16.2. The van der Waals surface area contributed by atoms with Crippen LogP contribution in [0.3, 0.4) is 0 Å². The molecule has 0 saturated heterocycles. The summed E-state index contributed by atoms with van der Waals surface area (Å²) in [6.07, 6.45) is 2.32. The molecule has 0 aliphatic carbocycles. The Morgan fingerprint density at radius 1 is 1.19 bits per heavy atom. The van der Waals surface area contributed by atoms with Gasteiger partial charge in [-0.3, -0.25) is 9.59 Å². The van der Waals surface area contributed by atoms with Gasteiger partial charge in [-0.15, -0.1) is 0 Å². The molecule has 0 spiro atoms. The monoisotopic (exact) mass is 229 g/mol. The Balaban J connectivity index is 3.92. The fourth-order valence-electron chi connectivity index (χ4n) is 1.32. The summed E-state index contributed by atoms with van der Waals surface area (Å²) in [6, 6.07) is 0. The summed E-state index contributed by atoms with van der Waals surface area (Å²) in [5, 5.41) is 5.22. The lowest BCUT2D eigenvalue weighted by Crippen LogP contribution is -2.53. The number of hydrogen-bond acceptors (Lipinski definition) is 3. The number of rotatable bonds is 7. The van der Waals surface area contributed by atoms with Gasteiger partial charge in [0, 0.05) is 6.54 Å². The zero-order valence-corrected chi connectivity index (χ0v) is 10.4. The van der Waals surface area contributed by atoms with E-state index in [0.29, 0.717) is 13.0 Å². The van der Waals surface area contributed by atoms with Gasteiger partial charge in [-0.2, -0.15) is 0 Å². The van der Waals surface area contributed by atoms with Crippen LogP contribution in [0.25, 0.3) is 0 Å². The van der Waals surface area contributed by atoms with E-state index in [2.05, 4.69) is 10.6 Å². The van der Waals surface area contributed by atoms with Crippen molar-refractivity contribution < 1.29 is 9.59 Å². The van der Waals surface area contributed by atoms with Crippen molar-refractivity contribution in [3.8, 4) is 0 Å². The highest BCUT2D eigenvalue weighted by molar-refractivity contribution is 5.89. The van der Waals surface area contributed by atoms with Crippen LogP contribution < -0.4 is 16.4 Å². The van der Waals surface area contributed by atoms with Crippen LogP contribution in [0.2, 0.25) is 0 Å². The second-order valence-electron chi connectivity index (χ2n) is 4.20. The molecule has 1 unspecified atom stereocenters. The molecule has 0 aliphatic rings. The van der Waals surface area contributed by atoms with Gasteiger partial charge in [0.25, 0.3) is 0 Å². The minimum absolute atomic E-state index is 0.00463. The molecule has 5 heteroatoms. The first-order valence-electron chi connectivity index (χ1n) is 5.78. The van der Waals surface area contributed by atoms with Crippen molar-refractivity contribution >= 4 is 11.8 Å². The molecule has 5 nitrogen and oxygen atoms in total. The summed E-state index contributed by atoms with van der Waals surface area (Å²) in [5.41, 5.74) is 4.92. The minimum Gasteiger partial charge on any atom is -0.355 e. The van der Waals surface area contributed by atoms with Gasteiger partial charge in [0.2, 0.25) is 11.8 Å². The molecule has 0 aromatic heterocycles. The van der Waals surface area contributed by atoms with E-state index in [1.54, 1.807) is 6.92 Å². The van der Waals surface area contributed by atoms with E-state index in [0.717, 1.165) is 12.8 Å². The van der Waals surface area contributed by atoms with Crippen molar-refractivity contribution in [3.63, 3.8) is 0 Å². The predicted molar refractivity (Wildman–Crippen MR) is 63.8 cm³/mol. The van der Waals surface area contributed by atoms with Gasteiger partial charge >= 0.3 is 0 Å². The average Bonchev–Trinajstić information content (AvgIpc) is 2.22. The van der Waals surface area contributed by atoms with E-state index in [-0.39, 0.29) is 18.4 Å². The first-order chi connectivity index (χ1) is 7.44. The zero-order valence-electron chi connectivity index (χ0n) is 10.4. The van der Waals surface area contributed by atoms with Crippen LogP contribution in [0.1, 0.15) is 40.0 Å². The summed E-state index contributed by atoms with van der Waals surface area (Å²) < 4.78 is 0. The number of hydrogen-bond donors (Lipinski definition) is 3. The molecule has 0 aliphatic heterocycles. The Morgan fingerprint density at radius 3 is 2.31 bits per heavy atom. The van der Waals surface area contributed by atoms with E-state index >= 15 is 0 Å². The quantitative estimate of drug-likeness (QED) is 0.581. The third kappa shape index (κ3) is 5.70. The van der Waals surface area contributed by atoms with E-state index in [1.165, 1.54) is 0 Å². The highest BCUT2D eigenvalue weighted by Crippen LogP contribution is 2.07. The molecule has 0 saturated carbocycles. The molecule has 16 heavy (non-hydrogen) atoms. The maximum absolute atomic E-state index is 11.6. The summed E-state index contributed by atoms with van der Waals surface area (Å²) in [4.78, 5) is 22.8. The normalized spacial score (nSPS) is 14.0. The van der Waals surface area contributed by atoms with Crippen molar-refractivity contribution in [2.45, 2.75) is 45.6 Å². The molecule has 0 bridgehead atoms. The largest absolute Gasteiger partial charge is 0.355 e. The van der Waals surface area contributed by atoms with Crippen molar-refractivity contribution in [2.75, 3.05) is 13.1 Å². The van der Waals surface area contributed by atoms with Crippen molar-refractivity contribution in [1.82, 2.24) is 10.6 Å². The third-order valence-electron chi connectivity index (χ3n) is 2.27. The summed E-state index contributed by atoms with van der Waals surface area (Å²) in [6.45, 7) is 6.23. The van der Waals surface area contributed by atoms with Gasteiger partial charge in [-0.1, -0.05) is 20.3 Å². The van der Waals surface area contributed by atoms with E-state index in [1.807, 2.05) is 13.8 Å². The maximum atomic E-state index is 11.6. The van der Waals surface area contributed by atoms with Crippen LogP contribution in [-0.4, -0.2) is 30.4 Å². The van der Waals surface area contributed by atoms with Crippen LogP contribution in [0.5, 0.6) is 0 Å². The smallest absolute Gasteiger partial charge is 0.240 e. The van der Waals surface area contributed by atoms with Gasteiger partial charge in [-0.25, -0.2) is 0 Å². The van der Waals surface area contributed by atoms with E-state index in [4.69, 9.17) is 5.73 Å². The molecular formula is C11H23N3O2. The SMILES string of the molecule is CCCNC(=O)CNC(=O)C(C)(N)CCC. The van der Waals surface area contributed by atoms with Gasteiger partial charge in [-0.05, 0) is 19.8 Å². The molecular weight excluding hydrogens is 206 g/mol. The Kier molecular flexibility index (Phi) is 6.72. The molecule has 0 aromatic rings. The molecule has 2 amide bonds. The summed E-state index contributed by atoms with van der Waals surface area (Å²) >= 11 is 0. The Hall–Kier alpha value is -1.10. The van der Waals surface area contributed by atoms with E-state index < -0.39 is 5.54 Å². The molecule has 94 valence electrons. The first-order valence-corrected chi connectivity index (χ1v) is 5.78. The van der Waals surface area contributed by atoms with Crippen molar-refractivity contribution in [2.24, 2.45) is 5.73 Å². The predicted octanol–water partition coefficient (Wildman–Crippen LogP) is 0.146. The summed E-state index contributed by atoms with van der Waals surface area (Å²) in [7, 11) is 0. The lowest BCUT2D eigenvalue weighted by molar-refractivity contribution is -0.129. The molecule has 1 atom stereocenters. The fraction of sp³-hybridized carbons (Fsp3) is 0.818. The maximum Gasteiger partial charge on any atom is 0.240 e. The van der Waals surface area contributed by atoms with Crippen molar-refractivity contribution in [1.29, 1.82) is 0 Å². The Labute approximate surface area is 97.2 Å². The molecule has 0 aromatic carbocycles. The van der Waals surface area contributed by atoms with E-state index in [9.17, 15) is 9.59 Å². The van der Waals surface area contributed by atoms with Gasteiger partial charge < -0.3 is 16.4 Å².